The van der Waals surface area contributed by atoms with Gasteiger partial charge >= 0.3 is 5.97 Å². The fraction of sp³-hybridized carbons (Fsp3) is 0.727. The van der Waals surface area contributed by atoms with Crippen molar-refractivity contribution in [1.82, 2.24) is 0 Å². The van der Waals surface area contributed by atoms with Gasteiger partial charge in [-0.3, -0.25) is 9.04 Å². The number of hydrogen-bond donors (Lipinski definition) is 1. The number of hydrogen-bond acceptors (Lipinski definition) is 5. The van der Waals surface area contributed by atoms with E-state index in [1.165, 1.54) is 0 Å². The van der Waals surface area contributed by atoms with Crippen LogP contribution in [0.1, 0.15) is 20.3 Å². The largest absolute Gasteiger partial charge is 0.870 e. The first-order chi connectivity index (χ1) is 8.09. The van der Waals surface area contributed by atoms with Crippen molar-refractivity contribution < 1.29 is 32.5 Å². The van der Waals surface area contributed by atoms with Gasteiger partial charge in [-0.1, -0.05) is 6.58 Å². The molecule has 0 aliphatic carbocycles. The van der Waals surface area contributed by atoms with Crippen LogP contribution in [0.5, 0.6) is 0 Å². The van der Waals surface area contributed by atoms with Crippen LogP contribution in [-0.2, 0) is 19.6 Å². The summed E-state index contributed by atoms with van der Waals surface area (Å²) in [5, 5.41) is 0. The monoisotopic (exact) mass is 297 g/mol. The second-order valence-corrected chi connectivity index (χ2v) is 6.21. The Hall–Kier alpha value is -0.960. The molecule has 0 aromatic carbocycles. The van der Waals surface area contributed by atoms with Crippen molar-refractivity contribution in [2.45, 2.75) is 20.3 Å². The second kappa shape index (κ2) is 8.26. The van der Waals surface area contributed by atoms with E-state index in [9.17, 15) is 13.2 Å². The van der Waals surface area contributed by atoms with Gasteiger partial charge in [0.1, 0.15) is 0 Å². The SMILES string of the molecule is C=C(C)C(=O)OC[N+](C)(CC)CCCS(=O)(=O)O.[OH-]. The maximum atomic E-state index is 11.3. The maximum Gasteiger partial charge on any atom is 0.337 e. The highest BCUT2D eigenvalue weighted by molar-refractivity contribution is 7.85. The van der Waals surface area contributed by atoms with Gasteiger partial charge in [-0.25, -0.2) is 4.79 Å². The maximum absolute atomic E-state index is 11.3. The molecule has 0 aromatic rings. The molecule has 0 bridgehead atoms. The summed E-state index contributed by atoms with van der Waals surface area (Å²) in [5.74, 6) is -0.738. The van der Waals surface area contributed by atoms with E-state index in [-0.39, 0.29) is 18.0 Å². The van der Waals surface area contributed by atoms with E-state index in [1.807, 2.05) is 14.0 Å². The van der Waals surface area contributed by atoms with Crippen LogP contribution in [0, 0.1) is 0 Å². The zero-order valence-corrected chi connectivity index (χ0v) is 12.4. The molecule has 114 valence electrons. The van der Waals surface area contributed by atoms with E-state index in [0.29, 0.717) is 29.6 Å². The summed E-state index contributed by atoms with van der Waals surface area (Å²) in [6.07, 6.45) is 0.313. The van der Waals surface area contributed by atoms with Crippen molar-refractivity contribution in [2.24, 2.45) is 0 Å². The molecule has 0 saturated carbocycles. The van der Waals surface area contributed by atoms with E-state index in [1.54, 1.807) is 6.92 Å². The Bertz CT molecular complexity index is 405. The molecule has 0 heterocycles. The number of carbonyl (C=O) groups excluding carboxylic acids is 1. The van der Waals surface area contributed by atoms with Crippen molar-refractivity contribution in [1.29, 1.82) is 0 Å². The van der Waals surface area contributed by atoms with Gasteiger partial charge < -0.3 is 10.2 Å². The average Bonchev–Trinajstić information content (AvgIpc) is 2.24. The van der Waals surface area contributed by atoms with Crippen molar-refractivity contribution in [2.75, 3.05) is 32.6 Å². The smallest absolute Gasteiger partial charge is 0.337 e. The van der Waals surface area contributed by atoms with E-state index < -0.39 is 16.1 Å². The molecule has 0 rings (SSSR count). The summed E-state index contributed by atoms with van der Waals surface area (Å²) in [7, 11) is -2.07. The van der Waals surface area contributed by atoms with Gasteiger partial charge in [-0.05, 0) is 13.8 Å². The van der Waals surface area contributed by atoms with E-state index in [2.05, 4.69) is 6.58 Å². The summed E-state index contributed by atoms with van der Waals surface area (Å²) in [6.45, 7) is 8.32. The Morgan fingerprint density at radius 2 is 1.95 bits per heavy atom. The van der Waals surface area contributed by atoms with Crippen molar-refractivity contribution in [3.05, 3.63) is 12.2 Å². The first-order valence-corrected chi connectivity index (χ1v) is 7.32. The Balaban J connectivity index is 0. The Kier molecular flexibility index (Phi) is 8.85. The van der Waals surface area contributed by atoms with Crippen molar-refractivity contribution in [3.63, 3.8) is 0 Å². The molecule has 8 heteroatoms. The number of esters is 1. The van der Waals surface area contributed by atoms with Gasteiger partial charge in [0.05, 0.1) is 25.9 Å². The molecule has 0 radical (unpaired) electrons. The molecule has 0 fully saturated rings. The minimum Gasteiger partial charge on any atom is -0.870 e. The van der Waals surface area contributed by atoms with Crippen LogP contribution >= 0.6 is 0 Å². The molecule has 0 aliphatic heterocycles. The quantitative estimate of drug-likeness (QED) is 0.231. The summed E-state index contributed by atoms with van der Waals surface area (Å²) in [5.41, 5.74) is 0.329. The Labute approximate surface area is 114 Å². The lowest BCUT2D eigenvalue weighted by Gasteiger charge is -2.32. The molecule has 1 unspecified atom stereocenters. The lowest BCUT2D eigenvalue weighted by molar-refractivity contribution is -0.924. The van der Waals surface area contributed by atoms with E-state index >= 15 is 0 Å². The number of quaternary nitrogens is 1. The molecule has 7 nitrogen and oxygen atoms in total. The van der Waals surface area contributed by atoms with Crippen molar-refractivity contribution in [3.8, 4) is 0 Å². The van der Waals surface area contributed by atoms with Crippen molar-refractivity contribution >= 4 is 16.1 Å². The molecule has 0 spiro atoms. The number of ether oxygens (including phenoxy) is 1. The van der Waals surface area contributed by atoms with Crippen LogP contribution in [0.15, 0.2) is 12.2 Å². The van der Waals surface area contributed by atoms with Crippen LogP contribution in [0.4, 0.5) is 0 Å². The summed E-state index contributed by atoms with van der Waals surface area (Å²) < 4.78 is 35.3. The predicted molar refractivity (Wildman–Crippen MR) is 70.3 cm³/mol. The minimum atomic E-state index is -3.93. The Morgan fingerprint density at radius 3 is 2.32 bits per heavy atom. The average molecular weight is 297 g/mol. The highest BCUT2D eigenvalue weighted by atomic mass is 32.2. The van der Waals surface area contributed by atoms with Gasteiger partial charge in [-0.2, -0.15) is 8.42 Å². The molecule has 0 aliphatic rings. The predicted octanol–water partition coefficient (Wildman–Crippen LogP) is 0.631. The molecule has 1 atom stereocenters. The molecule has 0 saturated heterocycles. The third kappa shape index (κ3) is 9.60. The highest BCUT2D eigenvalue weighted by Crippen LogP contribution is 2.06. The van der Waals surface area contributed by atoms with Crippen LogP contribution in [-0.4, -0.2) is 61.5 Å². The minimum absolute atomic E-state index is 0. The molecule has 0 amide bonds. The fourth-order valence-corrected chi connectivity index (χ4v) is 1.77. The summed E-state index contributed by atoms with van der Waals surface area (Å²) in [6, 6.07) is 0. The van der Waals surface area contributed by atoms with Gasteiger partial charge in [-0.15, -0.1) is 0 Å². The lowest BCUT2D eigenvalue weighted by atomic mass is 10.3. The second-order valence-electron chi connectivity index (χ2n) is 4.64. The number of rotatable bonds is 8. The highest BCUT2D eigenvalue weighted by Gasteiger charge is 2.22. The standard InChI is InChI=1S/C11H21NO5S.H2O/c1-5-12(4,7-6-8-18(14,15)16)9-17-11(13)10(2)3;/h2,5-9H2,1,3-4H3;1H2. The normalized spacial score (nSPS) is 14.1. The first-order valence-electron chi connectivity index (χ1n) is 5.71. The lowest BCUT2D eigenvalue weighted by Crippen LogP contribution is -2.47. The number of carbonyl (C=O) groups is 1. The van der Waals surface area contributed by atoms with Gasteiger partial charge in [0, 0.05) is 12.0 Å². The molecular formula is C11H23NO6S. The topological polar surface area (TPSA) is 111 Å². The molecule has 2 N–H and O–H groups in total. The third-order valence-corrected chi connectivity index (χ3v) is 3.52. The van der Waals surface area contributed by atoms with E-state index in [4.69, 9.17) is 9.29 Å². The van der Waals surface area contributed by atoms with Crippen LogP contribution in [0.25, 0.3) is 0 Å². The number of nitrogens with zero attached hydrogens (tertiary/aromatic N) is 1. The summed E-state index contributed by atoms with van der Waals surface area (Å²) in [4.78, 5) is 11.3. The van der Waals surface area contributed by atoms with Crippen LogP contribution < -0.4 is 0 Å². The van der Waals surface area contributed by atoms with E-state index in [0.717, 1.165) is 0 Å². The first kappa shape index (κ1) is 20.4. The van der Waals surface area contributed by atoms with Crippen LogP contribution in [0.2, 0.25) is 0 Å². The molecule has 19 heavy (non-hydrogen) atoms. The summed E-state index contributed by atoms with van der Waals surface area (Å²) >= 11 is 0. The Morgan fingerprint density at radius 1 is 1.42 bits per heavy atom. The van der Waals surface area contributed by atoms with Gasteiger partial charge in [0.15, 0.2) is 0 Å². The van der Waals surface area contributed by atoms with Gasteiger partial charge in [0.25, 0.3) is 10.1 Å². The zero-order chi connectivity index (χ0) is 14.4. The third-order valence-electron chi connectivity index (χ3n) is 2.72. The molecular weight excluding hydrogens is 274 g/mol. The van der Waals surface area contributed by atoms with Crippen LogP contribution in [0.3, 0.4) is 0 Å². The van der Waals surface area contributed by atoms with Gasteiger partial charge in [0.2, 0.25) is 6.73 Å². The molecule has 0 aromatic heterocycles. The fourth-order valence-electron chi connectivity index (χ4n) is 1.28. The zero-order valence-electron chi connectivity index (χ0n) is 11.6.